The van der Waals surface area contributed by atoms with Gasteiger partial charge in [0.25, 0.3) is 0 Å². The van der Waals surface area contributed by atoms with Gasteiger partial charge in [0, 0.05) is 0 Å². The zero-order valence-electron chi connectivity index (χ0n) is 6.74. The predicted octanol–water partition coefficient (Wildman–Crippen LogP) is -2.34. The minimum atomic E-state index is -0.151. The third kappa shape index (κ3) is 4.97. The first-order valence-corrected chi connectivity index (χ1v) is 2.81. The van der Waals surface area contributed by atoms with Crippen molar-refractivity contribution in [2.24, 2.45) is 0 Å². The van der Waals surface area contributed by atoms with Crippen LogP contribution in [0.3, 0.4) is 0 Å². The molecule has 0 aliphatic rings. The van der Waals surface area contributed by atoms with Crippen LogP contribution in [0.5, 0.6) is 0 Å². The van der Waals surface area contributed by atoms with Crippen molar-refractivity contribution in [1.29, 1.82) is 0 Å². The van der Waals surface area contributed by atoms with E-state index in [1.165, 1.54) is 12.1 Å². The van der Waals surface area contributed by atoms with Gasteiger partial charge in [-0.15, -0.1) is 30.7 Å². The van der Waals surface area contributed by atoms with Crippen LogP contribution in [-0.4, -0.2) is 5.48 Å². The predicted molar refractivity (Wildman–Crippen MR) is 41.4 cm³/mol. The first-order chi connectivity index (χ1) is 4.83. The molecule has 12 heavy (non-hydrogen) atoms. The van der Waals surface area contributed by atoms with Crippen molar-refractivity contribution in [2.75, 3.05) is 0 Å². The maximum Gasteiger partial charge on any atom is 1.00 e. The van der Waals surface area contributed by atoms with Gasteiger partial charge in [-0.25, -0.2) is 0 Å². The van der Waals surface area contributed by atoms with E-state index >= 15 is 0 Å². The Balaban J connectivity index is 0. The summed E-state index contributed by atoms with van der Waals surface area (Å²) in [5.41, 5.74) is 0.542. The maximum atomic E-state index is 10.6. The molecule has 1 rings (SSSR count). The van der Waals surface area contributed by atoms with Crippen molar-refractivity contribution >= 4 is 0 Å². The molecule has 0 spiro atoms. The molecule has 3 heteroatoms. The molecule has 1 N–H and O–H groups in total. The fourth-order valence-corrected chi connectivity index (χ4v) is 0.579. The Morgan fingerprint density at radius 1 is 1.33 bits per heavy atom. The van der Waals surface area contributed by atoms with Gasteiger partial charge in [0.15, 0.2) is 0 Å². The van der Waals surface area contributed by atoms with Crippen molar-refractivity contribution in [3.63, 3.8) is 0 Å². The van der Waals surface area contributed by atoms with Gasteiger partial charge in [-0.05, 0) is 5.56 Å². The maximum absolute atomic E-state index is 10.6. The summed E-state index contributed by atoms with van der Waals surface area (Å²) in [4.78, 5) is 10.6. The van der Waals surface area contributed by atoms with Gasteiger partial charge in [-0.1, -0.05) is 5.92 Å². The standard InChI is InChI=1S/C9H5O.H2O.Rb/c1-2-8-4-3-5-9(10)7-6-8;;/h1,3-4,6-7H;1H2;/q-1;;+1/p-1. The van der Waals surface area contributed by atoms with E-state index in [4.69, 9.17) is 6.42 Å². The molecule has 0 amide bonds. The molecule has 1 aromatic carbocycles. The molecule has 0 fully saturated rings. The molecule has 0 unspecified atom stereocenters. The van der Waals surface area contributed by atoms with Crippen LogP contribution in [0.25, 0.3) is 0 Å². The third-order valence-corrected chi connectivity index (χ3v) is 1.07. The molecule has 1 aromatic rings. The zero-order valence-corrected chi connectivity index (χ0v) is 11.7. The summed E-state index contributed by atoms with van der Waals surface area (Å²) in [6, 6.07) is 8.67. The number of terminal acetylenes is 1. The third-order valence-electron chi connectivity index (χ3n) is 1.07. The smallest absolute Gasteiger partial charge is 0.870 e. The van der Waals surface area contributed by atoms with Crippen LogP contribution in [0.1, 0.15) is 5.56 Å². The molecule has 0 bridgehead atoms. The Kier molecular flexibility index (Phi) is 9.62. The second-order valence-corrected chi connectivity index (χ2v) is 1.77. The largest absolute Gasteiger partial charge is 1.00 e. The Morgan fingerprint density at radius 2 is 2.00 bits per heavy atom. The van der Waals surface area contributed by atoms with Crippen LogP contribution in [0.2, 0.25) is 0 Å². The van der Waals surface area contributed by atoms with E-state index < -0.39 is 0 Å². The molecule has 2 nitrogen and oxygen atoms in total. The van der Waals surface area contributed by atoms with Crippen molar-refractivity contribution in [3.05, 3.63) is 46.1 Å². The van der Waals surface area contributed by atoms with Crippen LogP contribution in [-0.2, 0) is 0 Å². The Morgan fingerprint density at radius 3 is 2.58 bits per heavy atom. The first-order valence-electron chi connectivity index (χ1n) is 2.81. The van der Waals surface area contributed by atoms with E-state index in [1.807, 2.05) is 0 Å². The average molecular weight is 232 g/mol. The zero-order chi connectivity index (χ0) is 7.40. The van der Waals surface area contributed by atoms with Crippen LogP contribution >= 0.6 is 0 Å². The molecule has 0 aliphatic carbocycles. The van der Waals surface area contributed by atoms with Gasteiger partial charge in [0.2, 0.25) is 0 Å². The summed E-state index contributed by atoms with van der Waals surface area (Å²) >= 11 is 0. The molecular formula is C9H6O2Rb-. The minimum Gasteiger partial charge on any atom is -0.870 e. The second kappa shape index (κ2) is 7.84. The topological polar surface area (TPSA) is 47.1 Å². The second-order valence-electron chi connectivity index (χ2n) is 1.77. The van der Waals surface area contributed by atoms with E-state index in [2.05, 4.69) is 12.0 Å². The summed E-state index contributed by atoms with van der Waals surface area (Å²) in [5.74, 6) is 2.42. The molecule has 56 valence electrons. The number of rotatable bonds is 0. The van der Waals surface area contributed by atoms with E-state index in [9.17, 15) is 4.79 Å². The van der Waals surface area contributed by atoms with Crippen molar-refractivity contribution in [3.8, 4) is 12.3 Å². The van der Waals surface area contributed by atoms with Crippen molar-refractivity contribution in [1.82, 2.24) is 0 Å². The van der Waals surface area contributed by atoms with Crippen molar-refractivity contribution < 1.29 is 63.7 Å². The Labute approximate surface area is 120 Å². The van der Waals surface area contributed by atoms with Gasteiger partial charge in [-0.3, -0.25) is 0 Å². The summed E-state index contributed by atoms with van der Waals surface area (Å²) in [6.07, 6.45) is 5.09. The van der Waals surface area contributed by atoms with Crippen LogP contribution in [0.4, 0.5) is 0 Å². The Bertz CT molecular complexity index is 328. The van der Waals surface area contributed by atoms with E-state index in [0.29, 0.717) is 5.56 Å². The monoisotopic (exact) mass is 231 g/mol. The SMILES string of the molecule is C#Cc1cc[c-]c(=O)cc1.[OH-].[Rb+]. The minimum absolute atomic E-state index is 0. The van der Waals surface area contributed by atoms with Gasteiger partial charge in [-0.2, -0.15) is 6.07 Å². The molecule has 0 saturated heterocycles. The fourth-order valence-electron chi connectivity index (χ4n) is 0.579. The first kappa shape index (κ1) is 14.7. The molecule has 0 aromatic heterocycles. The molecule has 0 aliphatic heterocycles. The quantitative estimate of drug-likeness (QED) is 0.371. The van der Waals surface area contributed by atoms with E-state index in [0.717, 1.165) is 0 Å². The molecule has 0 atom stereocenters. The summed E-state index contributed by atoms with van der Waals surface area (Å²) in [7, 11) is 0. The Hall–Kier alpha value is 0.215. The molecule has 0 heterocycles. The molecular weight excluding hydrogens is 226 g/mol. The summed E-state index contributed by atoms with van der Waals surface area (Å²) in [6.45, 7) is 0. The summed E-state index contributed by atoms with van der Waals surface area (Å²) < 4.78 is 0. The van der Waals surface area contributed by atoms with Crippen LogP contribution in [0, 0.1) is 18.4 Å². The van der Waals surface area contributed by atoms with Crippen LogP contribution in [0.15, 0.2) is 29.1 Å². The van der Waals surface area contributed by atoms with E-state index in [1.54, 1.807) is 12.1 Å². The number of hydrogen-bond acceptors (Lipinski definition) is 2. The van der Waals surface area contributed by atoms with Crippen LogP contribution < -0.4 is 63.6 Å². The average Bonchev–Trinajstić information content (AvgIpc) is 2.14. The van der Waals surface area contributed by atoms with Gasteiger partial charge in [0.05, 0.1) is 5.43 Å². The van der Waals surface area contributed by atoms with Gasteiger partial charge in [0.1, 0.15) is 0 Å². The van der Waals surface area contributed by atoms with Gasteiger partial charge < -0.3 is 10.3 Å². The molecule has 0 radical (unpaired) electrons. The molecule has 0 saturated carbocycles. The van der Waals surface area contributed by atoms with E-state index in [-0.39, 0.29) is 69.1 Å². The normalized spacial score (nSPS) is 6.92. The fraction of sp³-hybridized carbons (Fsp3) is 0. The number of hydrogen-bond donors (Lipinski definition) is 0. The summed E-state index contributed by atoms with van der Waals surface area (Å²) in [5, 5.41) is 0. The van der Waals surface area contributed by atoms with Gasteiger partial charge >= 0.3 is 58.2 Å². The van der Waals surface area contributed by atoms with Crippen molar-refractivity contribution in [2.45, 2.75) is 0 Å².